The number of imide groups is 1. The first-order valence-corrected chi connectivity index (χ1v) is 10.5. The number of carbonyl (C=O) groups excluding carboxylic acids is 2. The van der Waals surface area contributed by atoms with Crippen LogP contribution in [0, 0.1) is 20.8 Å². The van der Waals surface area contributed by atoms with Gasteiger partial charge in [0.25, 0.3) is 11.8 Å². The molecule has 0 unspecified atom stereocenters. The summed E-state index contributed by atoms with van der Waals surface area (Å²) in [6, 6.07) is 22.9. The Morgan fingerprint density at radius 1 is 0.767 bits per heavy atom. The van der Waals surface area contributed by atoms with Gasteiger partial charge < -0.3 is 5.32 Å². The van der Waals surface area contributed by atoms with Crippen molar-refractivity contribution in [2.24, 2.45) is 0 Å². The third-order valence-corrected chi connectivity index (χ3v) is 6.25. The molecule has 30 heavy (non-hydrogen) atoms. The van der Waals surface area contributed by atoms with E-state index < -0.39 is 0 Å². The van der Waals surface area contributed by atoms with Crippen molar-refractivity contribution in [1.82, 2.24) is 0 Å². The Morgan fingerprint density at radius 3 is 2.17 bits per heavy atom. The fourth-order valence-corrected chi connectivity index (χ4v) is 4.22. The van der Waals surface area contributed by atoms with Crippen LogP contribution in [0.4, 0.5) is 11.4 Å². The Balaban J connectivity index is 1.77. The van der Waals surface area contributed by atoms with Crippen molar-refractivity contribution in [3.8, 4) is 0 Å². The normalized spacial score (nSPS) is 13.9. The largest absolute Gasteiger partial charge is 0.350 e. The number of anilines is 2. The second-order valence-corrected chi connectivity index (χ2v) is 8.36. The summed E-state index contributed by atoms with van der Waals surface area (Å²) in [5, 5.41) is 3.26. The molecular weight excluding hydrogens is 392 g/mol. The molecule has 0 atom stereocenters. The highest BCUT2D eigenvalue weighted by Gasteiger charge is 2.40. The summed E-state index contributed by atoms with van der Waals surface area (Å²) in [6.45, 7) is 6.00. The molecule has 0 fully saturated rings. The van der Waals surface area contributed by atoms with Crippen molar-refractivity contribution < 1.29 is 9.59 Å². The van der Waals surface area contributed by atoms with Gasteiger partial charge in [0.05, 0.1) is 5.69 Å². The van der Waals surface area contributed by atoms with Gasteiger partial charge >= 0.3 is 0 Å². The number of hydrogen-bond acceptors (Lipinski definition) is 4. The molecule has 2 amide bonds. The van der Waals surface area contributed by atoms with Crippen molar-refractivity contribution in [1.29, 1.82) is 0 Å². The van der Waals surface area contributed by atoms with Gasteiger partial charge in [-0.05, 0) is 62.2 Å². The molecule has 1 aliphatic rings. The van der Waals surface area contributed by atoms with Crippen molar-refractivity contribution in [2.45, 2.75) is 25.7 Å². The van der Waals surface area contributed by atoms with Crippen LogP contribution in [0.15, 0.2) is 88.3 Å². The standard InChI is InChI=1S/C25H22N2O2S/c1-16-12-14-19(15-13-16)27-24(28)22(26-21-11-7-8-17(2)18(21)3)23(25(27)29)30-20-9-5-4-6-10-20/h4-15,26H,1-3H3. The van der Waals surface area contributed by atoms with Crippen LogP contribution in [0.1, 0.15) is 16.7 Å². The zero-order valence-electron chi connectivity index (χ0n) is 17.1. The number of amides is 2. The lowest BCUT2D eigenvalue weighted by Crippen LogP contribution is -2.32. The number of nitrogens with zero attached hydrogens (tertiary/aromatic N) is 1. The van der Waals surface area contributed by atoms with Crippen molar-refractivity contribution in [3.63, 3.8) is 0 Å². The molecule has 0 spiro atoms. The van der Waals surface area contributed by atoms with Gasteiger partial charge in [0.2, 0.25) is 0 Å². The molecule has 4 rings (SSSR count). The highest BCUT2D eigenvalue weighted by molar-refractivity contribution is 8.04. The topological polar surface area (TPSA) is 49.4 Å². The van der Waals surface area contributed by atoms with E-state index in [1.165, 1.54) is 16.7 Å². The van der Waals surface area contributed by atoms with Gasteiger partial charge in [-0.25, -0.2) is 4.90 Å². The molecule has 3 aromatic carbocycles. The van der Waals surface area contributed by atoms with E-state index in [1.807, 2.05) is 81.4 Å². The molecule has 0 saturated carbocycles. The molecule has 0 bridgehead atoms. The average Bonchev–Trinajstić information content (AvgIpc) is 2.97. The van der Waals surface area contributed by atoms with Gasteiger partial charge in [0.15, 0.2) is 0 Å². The summed E-state index contributed by atoms with van der Waals surface area (Å²) in [5.74, 6) is -0.659. The number of aryl methyl sites for hydroxylation is 2. The monoisotopic (exact) mass is 414 g/mol. The van der Waals surface area contributed by atoms with Crippen molar-refractivity contribution in [3.05, 3.63) is 100 Å². The van der Waals surface area contributed by atoms with E-state index in [2.05, 4.69) is 5.32 Å². The van der Waals surface area contributed by atoms with Gasteiger partial charge in [-0.3, -0.25) is 9.59 Å². The van der Waals surface area contributed by atoms with Crippen LogP contribution in [0.25, 0.3) is 0 Å². The molecule has 0 aromatic heterocycles. The molecule has 3 aromatic rings. The average molecular weight is 415 g/mol. The Morgan fingerprint density at radius 2 is 1.47 bits per heavy atom. The maximum atomic E-state index is 13.4. The summed E-state index contributed by atoms with van der Waals surface area (Å²) in [7, 11) is 0. The Bertz CT molecular complexity index is 1150. The van der Waals surface area contributed by atoms with E-state index >= 15 is 0 Å². The number of carbonyl (C=O) groups is 2. The lowest BCUT2D eigenvalue weighted by Gasteiger charge is -2.16. The molecule has 0 saturated heterocycles. The first-order valence-electron chi connectivity index (χ1n) is 9.71. The van der Waals surface area contributed by atoms with Gasteiger partial charge in [-0.2, -0.15) is 0 Å². The fourth-order valence-electron chi connectivity index (χ4n) is 3.27. The van der Waals surface area contributed by atoms with Crippen LogP contribution < -0.4 is 10.2 Å². The minimum Gasteiger partial charge on any atom is -0.350 e. The summed E-state index contributed by atoms with van der Waals surface area (Å²) in [5.41, 5.74) is 4.93. The van der Waals surface area contributed by atoms with Gasteiger partial charge in [-0.1, -0.05) is 59.8 Å². The van der Waals surface area contributed by atoms with Crippen LogP contribution in [-0.4, -0.2) is 11.8 Å². The number of hydrogen-bond donors (Lipinski definition) is 1. The molecule has 1 aliphatic heterocycles. The third-order valence-electron chi connectivity index (χ3n) is 5.16. The molecule has 4 nitrogen and oxygen atoms in total. The van der Waals surface area contributed by atoms with E-state index in [0.717, 1.165) is 27.3 Å². The minimum absolute atomic E-state index is 0.308. The first kappa shape index (κ1) is 20.0. The highest BCUT2D eigenvalue weighted by Crippen LogP contribution is 2.38. The number of thioether (sulfide) groups is 1. The molecule has 0 aliphatic carbocycles. The number of nitrogens with one attached hydrogen (secondary N) is 1. The lowest BCUT2D eigenvalue weighted by molar-refractivity contribution is -0.120. The molecule has 0 radical (unpaired) electrons. The maximum absolute atomic E-state index is 13.4. The molecule has 150 valence electrons. The Labute approximate surface area is 180 Å². The Kier molecular flexibility index (Phi) is 5.46. The number of benzene rings is 3. The number of rotatable bonds is 5. The highest BCUT2D eigenvalue weighted by atomic mass is 32.2. The van der Waals surface area contributed by atoms with E-state index in [0.29, 0.717) is 16.3 Å². The Hall–Kier alpha value is -3.31. The third kappa shape index (κ3) is 3.76. The van der Waals surface area contributed by atoms with Crippen molar-refractivity contribution in [2.75, 3.05) is 10.2 Å². The van der Waals surface area contributed by atoms with Crippen LogP contribution in [0.3, 0.4) is 0 Å². The quantitative estimate of drug-likeness (QED) is 0.552. The summed E-state index contributed by atoms with van der Waals surface area (Å²) >= 11 is 1.31. The van der Waals surface area contributed by atoms with Gasteiger partial charge in [0.1, 0.15) is 10.6 Å². The van der Waals surface area contributed by atoms with Gasteiger partial charge in [0, 0.05) is 10.6 Å². The summed E-state index contributed by atoms with van der Waals surface area (Å²) in [6.07, 6.45) is 0. The summed E-state index contributed by atoms with van der Waals surface area (Å²) < 4.78 is 0. The lowest BCUT2D eigenvalue weighted by atomic mass is 10.1. The van der Waals surface area contributed by atoms with E-state index in [-0.39, 0.29) is 11.8 Å². The molecule has 5 heteroatoms. The van der Waals surface area contributed by atoms with E-state index in [4.69, 9.17) is 0 Å². The van der Waals surface area contributed by atoms with Crippen molar-refractivity contribution >= 4 is 35.0 Å². The first-order chi connectivity index (χ1) is 14.5. The van der Waals surface area contributed by atoms with E-state index in [1.54, 1.807) is 12.1 Å². The smallest absolute Gasteiger partial charge is 0.283 e. The predicted molar refractivity (Wildman–Crippen MR) is 123 cm³/mol. The van der Waals surface area contributed by atoms with Crippen LogP contribution in [0.2, 0.25) is 0 Å². The summed E-state index contributed by atoms with van der Waals surface area (Å²) in [4.78, 5) is 29.3. The molecule has 1 heterocycles. The van der Waals surface area contributed by atoms with Gasteiger partial charge in [-0.15, -0.1) is 0 Å². The predicted octanol–water partition coefficient (Wildman–Crippen LogP) is 5.60. The minimum atomic E-state index is -0.344. The zero-order valence-corrected chi connectivity index (χ0v) is 17.9. The second-order valence-electron chi connectivity index (χ2n) is 7.27. The fraction of sp³-hybridized carbons (Fsp3) is 0.120. The van der Waals surface area contributed by atoms with Crippen LogP contribution in [0.5, 0.6) is 0 Å². The SMILES string of the molecule is Cc1ccc(N2C(=O)C(Nc3cccc(C)c3C)=C(Sc3ccccc3)C2=O)cc1. The van der Waals surface area contributed by atoms with Crippen LogP contribution in [-0.2, 0) is 9.59 Å². The maximum Gasteiger partial charge on any atom is 0.283 e. The van der Waals surface area contributed by atoms with Crippen LogP contribution >= 0.6 is 11.8 Å². The molecular formula is C25H22N2O2S. The second kappa shape index (κ2) is 8.20. The molecule has 1 N–H and O–H groups in total. The zero-order chi connectivity index (χ0) is 21.3. The van der Waals surface area contributed by atoms with E-state index in [9.17, 15) is 9.59 Å².